The molecule has 3 aromatic heterocycles. The van der Waals surface area contributed by atoms with Crippen molar-refractivity contribution in [3.63, 3.8) is 0 Å². The van der Waals surface area contributed by atoms with Gasteiger partial charge in [-0.25, -0.2) is 13.9 Å². The smallest absolute Gasteiger partial charge is 0.158 e. The van der Waals surface area contributed by atoms with Gasteiger partial charge in [-0.2, -0.15) is 10.2 Å². The van der Waals surface area contributed by atoms with Crippen molar-refractivity contribution in [2.24, 2.45) is 0 Å². The van der Waals surface area contributed by atoms with Gasteiger partial charge in [0.15, 0.2) is 5.82 Å². The molecule has 0 radical (unpaired) electrons. The van der Waals surface area contributed by atoms with Crippen LogP contribution in [0.25, 0.3) is 16.4 Å². The third-order valence-corrected chi connectivity index (χ3v) is 5.57. The average Bonchev–Trinajstić information content (AvgIpc) is 3.43. The molecular weight excluding hydrogens is 437 g/mol. The van der Waals surface area contributed by atoms with Crippen LogP contribution in [0.3, 0.4) is 0 Å². The molecule has 5 rings (SSSR count). The van der Waals surface area contributed by atoms with Crippen molar-refractivity contribution in [1.29, 1.82) is 0 Å². The SMILES string of the molecule is OC[C@H](O)CNCc1ccn2ncnc(Nc3ccc4c(cnn4Cc4cccc(F)c4)c3)c12. The predicted octanol–water partition coefficient (Wildman–Crippen LogP) is 2.45. The van der Waals surface area contributed by atoms with Crippen LogP contribution in [0.5, 0.6) is 0 Å². The van der Waals surface area contributed by atoms with Gasteiger partial charge < -0.3 is 20.8 Å². The third-order valence-electron chi connectivity index (χ3n) is 5.57. The normalized spacial score (nSPS) is 12.4. The number of aliphatic hydroxyl groups is 2. The minimum Gasteiger partial charge on any atom is -0.394 e. The lowest BCUT2D eigenvalue weighted by Gasteiger charge is -2.11. The van der Waals surface area contributed by atoms with E-state index in [4.69, 9.17) is 5.11 Å². The lowest BCUT2D eigenvalue weighted by molar-refractivity contribution is 0.0942. The van der Waals surface area contributed by atoms with Crippen LogP contribution in [0.4, 0.5) is 15.9 Å². The number of hydrogen-bond acceptors (Lipinski definition) is 7. The first-order chi connectivity index (χ1) is 16.6. The summed E-state index contributed by atoms with van der Waals surface area (Å²) in [5.74, 6) is 0.382. The van der Waals surface area contributed by atoms with Crippen molar-refractivity contribution >= 4 is 27.9 Å². The van der Waals surface area contributed by atoms with Gasteiger partial charge in [-0.3, -0.25) is 4.68 Å². The van der Waals surface area contributed by atoms with Crippen LogP contribution in [0.2, 0.25) is 0 Å². The Morgan fingerprint density at radius 2 is 2.00 bits per heavy atom. The molecule has 1 atom stereocenters. The summed E-state index contributed by atoms with van der Waals surface area (Å²) in [5, 5.41) is 34.7. The fourth-order valence-electron chi connectivity index (χ4n) is 3.93. The lowest BCUT2D eigenvalue weighted by Crippen LogP contribution is -2.28. The summed E-state index contributed by atoms with van der Waals surface area (Å²) in [4.78, 5) is 4.43. The Hall–Kier alpha value is -3.86. The molecule has 0 bridgehead atoms. The number of halogens is 1. The van der Waals surface area contributed by atoms with E-state index in [-0.39, 0.29) is 19.0 Å². The van der Waals surface area contributed by atoms with Crippen LogP contribution < -0.4 is 10.6 Å². The predicted molar refractivity (Wildman–Crippen MR) is 126 cm³/mol. The van der Waals surface area contributed by atoms with E-state index in [2.05, 4.69) is 25.8 Å². The molecule has 2 aromatic carbocycles. The maximum absolute atomic E-state index is 13.5. The number of anilines is 2. The van der Waals surface area contributed by atoms with Gasteiger partial charge >= 0.3 is 0 Å². The Labute approximate surface area is 194 Å². The number of hydrogen-bond donors (Lipinski definition) is 4. The highest BCUT2D eigenvalue weighted by molar-refractivity contribution is 5.85. The monoisotopic (exact) mass is 461 g/mol. The van der Waals surface area contributed by atoms with E-state index in [1.165, 1.54) is 18.5 Å². The Kier molecular flexibility index (Phi) is 6.17. The first-order valence-corrected chi connectivity index (χ1v) is 10.9. The van der Waals surface area contributed by atoms with Crippen LogP contribution in [0.15, 0.2) is 67.3 Å². The maximum Gasteiger partial charge on any atom is 0.158 e. The average molecular weight is 462 g/mol. The number of nitrogens with one attached hydrogen (secondary N) is 2. The van der Waals surface area contributed by atoms with Gasteiger partial charge in [0.05, 0.1) is 31.0 Å². The fourth-order valence-corrected chi connectivity index (χ4v) is 3.93. The summed E-state index contributed by atoms with van der Waals surface area (Å²) < 4.78 is 17.1. The Bertz CT molecular complexity index is 1430. The zero-order valence-corrected chi connectivity index (χ0v) is 18.3. The minimum absolute atomic E-state index is 0.263. The summed E-state index contributed by atoms with van der Waals surface area (Å²) in [7, 11) is 0. The molecule has 0 fully saturated rings. The number of nitrogens with zero attached hydrogens (tertiary/aromatic N) is 5. The first kappa shape index (κ1) is 22.0. The van der Waals surface area contributed by atoms with Crippen LogP contribution >= 0.6 is 0 Å². The van der Waals surface area contributed by atoms with Crippen LogP contribution in [0, 0.1) is 5.82 Å². The largest absolute Gasteiger partial charge is 0.394 e. The highest BCUT2D eigenvalue weighted by Crippen LogP contribution is 2.26. The summed E-state index contributed by atoms with van der Waals surface area (Å²) in [6, 6.07) is 14.4. The second kappa shape index (κ2) is 9.56. The summed E-state index contributed by atoms with van der Waals surface area (Å²) >= 11 is 0. The van der Waals surface area contributed by atoms with E-state index < -0.39 is 6.10 Å². The van der Waals surface area contributed by atoms with Crippen molar-refractivity contribution in [2.45, 2.75) is 19.2 Å². The molecule has 0 aliphatic rings. The topological polar surface area (TPSA) is 113 Å². The minimum atomic E-state index is -0.809. The molecule has 0 unspecified atom stereocenters. The van der Waals surface area contributed by atoms with E-state index >= 15 is 0 Å². The summed E-state index contributed by atoms with van der Waals surface area (Å²) in [6.45, 7) is 0.953. The van der Waals surface area contributed by atoms with Crippen molar-refractivity contribution < 1.29 is 14.6 Å². The van der Waals surface area contributed by atoms with Gasteiger partial charge in [-0.05, 0) is 47.5 Å². The molecular formula is C24H24FN7O2. The van der Waals surface area contributed by atoms with E-state index in [1.807, 2.05) is 41.2 Å². The van der Waals surface area contributed by atoms with Crippen molar-refractivity contribution in [3.05, 3.63) is 84.2 Å². The number of aromatic nitrogens is 5. The van der Waals surface area contributed by atoms with Gasteiger partial charge in [0.25, 0.3) is 0 Å². The third kappa shape index (κ3) is 4.60. The van der Waals surface area contributed by atoms with Crippen LogP contribution in [-0.4, -0.2) is 53.8 Å². The second-order valence-corrected chi connectivity index (χ2v) is 8.04. The number of benzene rings is 2. The number of fused-ring (bicyclic) bond motifs is 2. The Morgan fingerprint density at radius 3 is 2.85 bits per heavy atom. The molecule has 9 nitrogen and oxygen atoms in total. The highest BCUT2D eigenvalue weighted by Gasteiger charge is 2.12. The van der Waals surface area contributed by atoms with E-state index in [9.17, 15) is 9.50 Å². The molecule has 0 spiro atoms. The van der Waals surface area contributed by atoms with E-state index in [0.717, 1.165) is 33.2 Å². The van der Waals surface area contributed by atoms with E-state index in [1.54, 1.807) is 16.8 Å². The molecule has 34 heavy (non-hydrogen) atoms. The molecule has 10 heteroatoms. The maximum atomic E-state index is 13.5. The number of aliphatic hydroxyl groups excluding tert-OH is 2. The van der Waals surface area contributed by atoms with Crippen LogP contribution in [0.1, 0.15) is 11.1 Å². The molecule has 4 N–H and O–H groups in total. The molecule has 0 aliphatic heterocycles. The van der Waals surface area contributed by atoms with Gasteiger partial charge in [-0.1, -0.05) is 12.1 Å². The highest BCUT2D eigenvalue weighted by atomic mass is 19.1. The zero-order chi connectivity index (χ0) is 23.5. The summed E-state index contributed by atoms with van der Waals surface area (Å²) in [5.41, 5.74) is 4.40. The van der Waals surface area contributed by atoms with Crippen LogP contribution in [-0.2, 0) is 13.1 Å². The molecule has 0 aliphatic carbocycles. The molecule has 174 valence electrons. The van der Waals surface area contributed by atoms with Crippen molar-refractivity contribution in [2.75, 3.05) is 18.5 Å². The molecule has 0 saturated heterocycles. The zero-order valence-electron chi connectivity index (χ0n) is 18.3. The first-order valence-electron chi connectivity index (χ1n) is 10.9. The Balaban J connectivity index is 1.37. The molecule has 5 aromatic rings. The standard InChI is InChI=1S/C24H24FN7O2/c25-19-3-1-2-16(8-19)13-32-22-5-4-20(9-18(22)11-28-32)30-24-23-17(10-26-12-21(34)14-33)6-7-31(23)29-15-27-24/h1-9,11,15,21,26,33-34H,10,12-14H2,(H,27,29,30)/t21-/m1/s1. The lowest BCUT2D eigenvalue weighted by atomic mass is 10.2. The van der Waals surface area contributed by atoms with Gasteiger partial charge in [0.1, 0.15) is 17.7 Å². The Morgan fingerprint density at radius 1 is 1.09 bits per heavy atom. The van der Waals surface area contributed by atoms with Gasteiger partial charge in [0, 0.05) is 30.4 Å². The molecule has 0 saturated carbocycles. The van der Waals surface area contributed by atoms with Crippen molar-refractivity contribution in [3.8, 4) is 0 Å². The number of rotatable bonds is 9. The molecule has 0 amide bonds. The van der Waals surface area contributed by atoms with Crippen molar-refractivity contribution in [1.82, 2.24) is 29.7 Å². The molecule has 3 heterocycles. The van der Waals surface area contributed by atoms with Gasteiger partial charge in [-0.15, -0.1) is 0 Å². The van der Waals surface area contributed by atoms with Gasteiger partial charge in [0.2, 0.25) is 0 Å². The summed E-state index contributed by atoms with van der Waals surface area (Å²) in [6.07, 6.45) is 4.31. The van der Waals surface area contributed by atoms with E-state index in [0.29, 0.717) is 18.9 Å². The second-order valence-electron chi connectivity index (χ2n) is 8.04. The quantitative estimate of drug-likeness (QED) is 0.267. The fraction of sp³-hybridized carbons (Fsp3) is 0.208.